The Balaban J connectivity index is 1.53. The third kappa shape index (κ3) is 5.05. The third-order valence-corrected chi connectivity index (χ3v) is 6.70. The van der Waals surface area contributed by atoms with Gasteiger partial charge in [0.25, 0.3) is 0 Å². The summed E-state index contributed by atoms with van der Waals surface area (Å²) in [5.41, 5.74) is 2.01. The normalized spacial score (nSPS) is 23.9. The summed E-state index contributed by atoms with van der Waals surface area (Å²) in [6.45, 7) is 3.21. The molecule has 2 fully saturated rings. The van der Waals surface area contributed by atoms with E-state index in [0.29, 0.717) is 6.42 Å². The van der Waals surface area contributed by atoms with Gasteiger partial charge in [0.2, 0.25) is 5.91 Å². The van der Waals surface area contributed by atoms with E-state index in [9.17, 15) is 13.2 Å². The topological polar surface area (TPSA) is 66.5 Å². The molecule has 1 N–H and O–H groups in total. The molecule has 1 aromatic carbocycles. The first-order valence-corrected chi connectivity index (χ1v) is 10.6. The Labute approximate surface area is 144 Å². The molecular weight excluding hydrogens is 324 g/mol. The van der Waals surface area contributed by atoms with Gasteiger partial charge in [0.05, 0.1) is 11.5 Å². The van der Waals surface area contributed by atoms with Gasteiger partial charge in [-0.25, -0.2) is 8.42 Å². The lowest BCUT2D eigenvalue weighted by Gasteiger charge is -2.26. The molecule has 0 radical (unpaired) electrons. The molecule has 2 aliphatic rings. The number of benzene rings is 1. The number of nitrogens with zero attached hydrogens (tertiary/aromatic N) is 1. The van der Waals surface area contributed by atoms with Crippen molar-refractivity contribution in [2.24, 2.45) is 5.92 Å². The summed E-state index contributed by atoms with van der Waals surface area (Å²) in [5.74, 6) is 0.241. The minimum atomic E-state index is -2.92. The number of likely N-dealkylation sites (tertiary alicyclic amines) is 1. The summed E-state index contributed by atoms with van der Waals surface area (Å²) < 4.78 is 23.0. The number of piperidine rings is 1. The van der Waals surface area contributed by atoms with E-state index in [1.54, 1.807) is 0 Å². The Morgan fingerprint density at radius 3 is 2.71 bits per heavy atom. The molecular formula is C18H26N2O3S. The number of nitrogens with one attached hydrogen (secondary N) is 1. The van der Waals surface area contributed by atoms with Crippen molar-refractivity contribution in [1.29, 1.82) is 0 Å². The van der Waals surface area contributed by atoms with E-state index in [0.717, 1.165) is 25.3 Å². The Kier molecular flexibility index (Phi) is 5.56. The van der Waals surface area contributed by atoms with Crippen molar-refractivity contribution in [3.05, 3.63) is 29.8 Å². The average molecular weight is 350 g/mol. The van der Waals surface area contributed by atoms with Crippen LogP contribution < -0.4 is 5.32 Å². The van der Waals surface area contributed by atoms with Crippen molar-refractivity contribution in [2.75, 3.05) is 29.9 Å². The van der Waals surface area contributed by atoms with E-state index < -0.39 is 9.84 Å². The van der Waals surface area contributed by atoms with Crippen molar-refractivity contribution in [1.82, 2.24) is 4.90 Å². The van der Waals surface area contributed by atoms with Gasteiger partial charge in [-0.3, -0.25) is 9.69 Å². The molecule has 3 rings (SSSR count). The number of rotatable bonds is 5. The highest BCUT2D eigenvalue weighted by Crippen LogP contribution is 2.22. The molecule has 1 aromatic rings. The molecule has 6 heteroatoms. The highest BCUT2D eigenvalue weighted by Gasteiger charge is 2.29. The maximum Gasteiger partial charge on any atom is 0.224 e. The maximum atomic E-state index is 12.2. The van der Waals surface area contributed by atoms with E-state index in [4.69, 9.17) is 0 Å². The fraction of sp³-hybridized carbons (Fsp3) is 0.611. The van der Waals surface area contributed by atoms with Crippen LogP contribution in [-0.4, -0.2) is 43.8 Å². The summed E-state index contributed by atoms with van der Waals surface area (Å²) in [6, 6.07) is 7.98. The monoisotopic (exact) mass is 350 g/mol. The van der Waals surface area contributed by atoms with Crippen molar-refractivity contribution >= 4 is 21.4 Å². The quantitative estimate of drug-likeness (QED) is 0.886. The van der Waals surface area contributed by atoms with Gasteiger partial charge in [0, 0.05) is 18.7 Å². The number of carbonyl (C=O) groups is 1. The van der Waals surface area contributed by atoms with E-state index >= 15 is 0 Å². The van der Waals surface area contributed by atoms with Gasteiger partial charge in [-0.05, 0) is 56.0 Å². The number of anilines is 1. The van der Waals surface area contributed by atoms with Gasteiger partial charge in [-0.15, -0.1) is 0 Å². The number of hydrogen-bond acceptors (Lipinski definition) is 4. The van der Waals surface area contributed by atoms with E-state index in [2.05, 4.69) is 16.3 Å². The first-order valence-electron chi connectivity index (χ1n) is 8.82. The van der Waals surface area contributed by atoms with Crippen LogP contribution in [0, 0.1) is 5.92 Å². The second-order valence-electron chi connectivity index (χ2n) is 7.06. The van der Waals surface area contributed by atoms with Crippen molar-refractivity contribution in [3.8, 4) is 0 Å². The van der Waals surface area contributed by atoms with Gasteiger partial charge >= 0.3 is 0 Å². The molecule has 0 saturated carbocycles. The Morgan fingerprint density at radius 1 is 1.21 bits per heavy atom. The van der Waals surface area contributed by atoms with Crippen LogP contribution in [0.4, 0.5) is 5.69 Å². The number of amides is 1. The zero-order valence-corrected chi connectivity index (χ0v) is 14.9. The summed E-state index contributed by atoms with van der Waals surface area (Å²) in [6.07, 6.45) is 4.74. The van der Waals surface area contributed by atoms with Crippen LogP contribution in [0.15, 0.2) is 24.3 Å². The standard InChI is InChI=1S/C18H26N2O3S/c21-18(12-16-7-10-24(22,23)14-16)19-17-6-4-5-15(11-17)13-20-8-2-1-3-9-20/h4-6,11,16H,1-3,7-10,12-14H2,(H,19,21). The summed E-state index contributed by atoms with van der Waals surface area (Å²) in [7, 11) is -2.92. The lowest BCUT2D eigenvalue weighted by atomic mass is 10.0. The van der Waals surface area contributed by atoms with Crippen LogP contribution in [0.1, 0.15) is 37.7 Å². The van der Waals surface area contributed by atoms with Gasteiger partial charge in [-0.2, -0.15) is 0 Å². The van der Waals surface area contributed by atoms with Gasteiger partial charge in [0.1, 0.15) is 0 Å². The van der Waals surface area contributed by atoms with E-state index in [1.165, 1.54) is 24.8 Å². The molecule has 1 amide bonds. The molecule has 2 heterocycles. The van der Waals surface area contributed by atoms with Crippen LogP contribution in [0.3, 0.4) is 0 Å². The Hall–Kier alpha value is -1.40. The fourth-order valence-electron chi connectivity index (χ4n) is 3.63. The highest BCUT2D eigenvalue weighted by atomic mass is 32.2. The van der Waals surface area contributed by atoms with Crippen molar-refractivity contribution in [2.45, 2.75) is 38.6 Å². The molecule has 0 spiro atoms. The summed E-state index contributed by atoms with van der Waals surface area (Å²) >= 11 is 0. The summed E-state index contributed by atoms with van der Waals surface area (Å²) in [4.78, 5) is 14.6. The lowest BCUT2D eigenvalue weighted by molar-refractivity contribution is -0.116. The second kappa shape index (κ2) is 7.66. The first-order chi connectivity index (χ1) is 11.5. The highest BCUT2D eigenvalue weighted by molar-refractivity contribution is 7.91. The molecule has 2 saturated heterocycles. The van der Waals surface area contributed by atoms with Crippen LogP contribution in [0.25, 0.3) is 0 Å². The molecule has 24 heavy (non-hydrogen) atoms. The van der Waals surface area contributed by atoms with Crippen LogP contribution >= 0.6 is 0 Å². The minimum Gasteiger partial charge on any atom is -0.326 e. The zero-order chi connectivity index (χ0) is 17.0. The molecule has 132 valence electrons. The van der Waals surface area contributed by atoms with Gasteiger partial charge < -0.3 is 5.32 Å². The molecule has 0 aliphatic carbocycles. The minimum absolute atomic E-state index is 0.0356. The Morgan fingerprint density at radius 2 is 2.00 bits per heavy atom. The predicted octanol–water partition coefficient (Wildman–Crippen LogP) is 2.44. The van der Waals surface area contributed by atoms with Crippen molar-refractivity contribution < 1.29 is 13.2 Å². The number of sulfone groups is 1. The molecule has 5 nitrogen and oxygen atoms in total. The van der Waals surface area contributed by atoms with Gasteiger partial charge in [-0.1, -0.05) is 18.6 Å². The van der Waals surface area contributed by atoms with Gasteiger partial charge in [0.15, 0.2) is 9.84 Å². The largest absolute Gasteiger partial charge is 0.326 e. The summed E-state index contributed by atoms with van der Waals surface area (Å²) in [5, 5.41) is 2.92. The van der Waals surface area contributed by atoms with Crippen molar-refractivity contribution in [3.63, 3.8) is 0 Å². The molecule has 0 aromatic heterocycles. The van der Waals surface area contributed by atoms with Crippen LogP contribution in [0.2, 0.25) is 0 Å². The molecule has 0 bridgehead atoms. The second-order valence-corrected chi connectivity index (χ2v) is 9.29. The fourth-order valence-corrected chi connectivity index (χ4v) is 5.49. The van der Waals surface area contributed by atoms with E-state index in [-0.39, 0.29) is 29.8 Å². The first kappa shape index (κ1) is 17.4. The molecule has 2 aliphatic heterocycles. The average Bonchev–Trinajstić information content (AvgIpc) is 2.87. The molecule has 1 atom stereocenters. The van der Waals surface area contributed by atoms with Crippen LogP contribution in [-0.2, 0) is 21.2 Å². The number of hydrogen-bond donors (Lipinski definition) is 1. The predicted molar refractivity (Wildman–Crippen MR) is 95.6 cm³/mol. The Bertz CT molecular complexity index is 681. The van der Waals surface area contributed by atoms with Crippen LogP contribution in [0.5, 0.6) is 0 Å². The van der Waals surface area contributed by atoms with E-state index in [1.807, 2.05) is 18.2 Å². The zero-order valence-electron chi connectivity index (χ0n) is 14.0. The SMILES string of the molecule is O=C(CC1CCS(=O)(=O)C1)Nc1cccc(CN2CCCCC2)c1. The number of carbonyl (C=O) groups excluding carboxylic acids is 1. The smallest absolute Gasteiger partial charge is 0.224 e. The third-order valence-electron chi connectivity index (χ3n) is 4.87. The lowest BCUT2D eigenvalue weighted by Crippen LogP contribution is -2.29. The maximum absolute atomic E-state index is 12.2. The molecule has 1 unspecified atom stereocenters.